The largest absolute Gasteiger partial charge is 0.352 e. The Bertz CT molecular complexity index is 307. The molecule has 0 spiro atoms. The predicted molar refractivity (Wildman–Crippen MR) is 70.9 cm³/mol. The molecule has 104 valence electrons. The number of carbonyl (C=O) groups excluding carboxylic acids is 2. The van der Waals surface area contributed by atoms with Crippen LogP contribution in [0.25, 0.3) is 0 Å². The molecule has 3 atom stereocenters. The monoisotopic (exact) mass is 255 g/mol. The molecular weight excluding hydrogens is 230 g/mol. The van der Waals surface area contributed by atoms with Crippen molar-refractivity contribution in [1.29, 1.82) is 0 Å². The van der Waals surface area contributed by atoms with Crippen LogP contribution in [0.3, 0.4) is 0 Å². The number of hydrogen-bond acceptors (Lipinski definition) is 3. The fraction of sp³-hybridized carbons (Fsp3) is 0.846. The third-order valence-electron chi connectivity index (χ3n) is 3.60. The van der Waals surface area contributed by atoms with Crippen LogP contribution in [0.1, 0.15) is 46.5 Å². The number of likely N-dealkylation sites (tertiary alicyclic amines) is 1. The van der Waals surface area contributed by atoms with E-state index in [0.29, 0.717) is 13.0 Å². The molecule has 18 heavy (non-hydrogen) atoms. The summed E-state index contributed by atoms with van der Waals surface area (Å²) in [7, 11) is 0. The number of carbonyl (C=O) groups is 2. The molecule has 5 heteroatoms. The van der Waals surface area contributed by atoms with Gasteiger partial charge in [0.2, 0.25) is 11.8 Å². The Morgan fingerprint density at radius 2 is 2.06 bits per heavy atom. The zero-order valence-corrected chi connectivity index (χ0v) is 11.6. The Morgan fingerprint density at radius 1 is 1.39 bits per heavy atom. The van der Waals surface area contributed by atoms with Crippen LogP contribution in [-0.2, 0) is 9.59 Å². The maximum absolute atomic E-state index is 12.1. The molecule has 0 radical (unpaired) electrons. The second-order valence-corrected chi connectivity index (χ2v) is 5.02. The summed E-state index contributed by atoms with van der Waals surface area (Å²) in [6, 6.07) is -0.666. The van der Waals surface area contributed by atoms with Crippen molar-refractivity contribution in [3.63, 3.8) is 0 Å². The number of hydrogen-bond donors (Lipinski definition) is 2. The van der Waals surface area contributed by atoms with Gasteiger partial charge in [0, 0.05) is 12.6 Å². The fourth-order valence-corrected chi connectivity index (χ4v) is 2.13. The normalized spacial score (nSPS) is 22.7. The van der Waals surface area contributed by atoms with E-state index in [2.05, 4.69) is 5.32 Å². The summed E-state index contributed by atoms with van der Waals surface area (Å²) in [5.74, 6) is -0.141. The van der Waals surface area contributed by atoms with Gasteiger partial charge in [0.15, 0.2) is 0 Å². The molecule has 0 bridgehead atoms. The maximum Gasteiger partial charge on any atom is 0.243 e. The molecule has 2 amide bonds. The van der Waals surface area contributed by atoms with Gasteiger partial charge in [0.25, 0.3) is 0 Å². The minimum absolute atomic E-state index is 0.0431. The third-order valence-corrected chi connectivity index (χ3v) is 3.60. The molecule has 0 aromatic carbocycles. The van der Waals surface area contributed by atoms with Gasteiger partial charge >= 0.3 is 0 Å². The first-order chi connectivity index (χ1) is 8.51. The molecule has 1 rings (SSSR count). The Morgan fingerprint density at radius 3 is 2.61 bits per heavy atom. The van der Waals surface area contributed by atoms with Crippen LogP contribution < -0.4 is 11.1 Å². The topological polar surface area (TPSA) is 75.4 Å². The van der Waals surface area contributed by atoms with E-state index < -0.39 is 6.04 Å². The Hall–Kier alpha value is -1.10. The molecular formula is C13H25N3O2. The van der Waals surface area contributed by atoms with Crippen LogP contribution >= 0.6 is 0 Å². The first kappa shape index (κ1) is 15.0. The minimum Gasteiger partial charge on any atom is -0.352 e. The van der Waals surface area contributed by atoms with Crippen LogP contribution in [0, 0.1) is 0 Å². The van der Waals surface area contributed by atoms with E-state index in [1.54, 1.807) is 4.90 Å². The highest BCUT2D eigenvalue weighted by molar-refractivity contribution is 5.90. The van der Waals surface area contributed by atoms with Gasteiger partial charge in [-0.3, -0.25) is 9.59 Å². The molecule has 3 unspecified atom stereocenters. The summed E-state index contributed by atoms with van der Waals surface area (Å²) >= 11 is 0. The average molecular weight is 255 g/mol. The van der Waals surface area contributed by atoms with E-state index in [1.807, 2.05) is 20.8 Å². The molecule has 3 N–H and O–H groups in total. The molecule has 1 aliphatic rings. The highest BCUT2D eigenvalue weighted by Crippen LogP contribution is 2.19. The summed E-state index contributed by atoms with van der Waals surface area (Å²) in [4.78, 5) is 25.8. The van der Waals surface area contributed by atoms with E-state index >= 15 is 0 Å². The summed E-state index contributed by atoms with van der Waals surface area (Å²) in [6.45, 7) is 6.52. The molecule has 1 fully saturated rings. The summed E-state index contributed by atoms with van der Waals surface area (Å²) in [6.07, 6.45) is 3.11. The number of nitrogens with zero attached hydrogens (tertiary/aromatic N) is 1. The molecule has 0 saturated carbocycles. The van der Waals surface area contributed by atoms with E-state index in [1.165, 1.54) is 0 Å². The first-order valence-electron chi connectivity index (χ1n) is 6.87. The van der Waals surface area contributed by atoms with Crippen molar-refractivity contribution in [2.75, 3.05) is 6.54 Å². The van der Waals surface area contributed by atoms with Crippen molar-refractivity contribution < 1.29 is 9.59 Å². The number of nitrogens with one attached hydrogen (secondary N) is 1. The number of amides is 2. The smallest absolute Gasteiger partial charge is 0.243 e. The van der Waals surface area contributed by atoms with Gasteiger partial charge in [-0.15, -0.1) is 0 Å². The Balaban J connectivity index is 2.64. The zero-order valence-electron chi connectivity index (χ0n) is 11.6. The summed E-state index contributed by atoms with van der Waals surface area (Å²) < 4.78 is 0. The lowest BCUT2D eigenvalue weighted by Gasteiger charge is -2.27. The molecule has 0 aromatic heterocycles. The highest BCUT2D eigenvalue weighted by Gasteiger charge is 2.35. The molecule has 1 heterocycles. The van der Waals surface area contributed by atoms with Crippen molar-refractivity contribution in [3.8, 4) is 0 Å². The molecule has 0 aromatic rings. The zero-order chi connectivity index (χ0) is 13.7. The van der Waals surface area contributed by atoms with Gasteiger partial charge in [-0.2, -0.15) is 0 Å². The van der Waals surface area contributed by atoms with Crippen molar-refractivity contribution in [1.82, 2.24) is 10.2 Å². The van der Waals surface area contributed by atoms with Crippen LogP contribution in [0.15, 0.2) is 0 Å². The molecule has 0 aliphatic carbocycles. The van der Waals surface area contributed by atoms with Gasteiger partial charge in [0.05, 0.1) is 6.04 Å². The highest BCUT2D eigenvalue weighted by atomic mass is 16.2. The van der Waals surface area contributed by atoms with Gasteiger partial charge in [-0.1, -0.05) is 13.8 Å². The SMILES string of the molecule is CCC(C)NC(=O)C1CCCN1C(=O)C(N)CC. The summed E-state index contributed by atoms with van der Waals surface area (Å²) in [5, 5.41) is 2.94. The van der Waals surface area contributed by atoms with E-state index in [4.69, 9.17) is 5.73 Å². The molecule has 5 nitrogen and oxygen atoms in total. The lowest BCUT2D eigenvalue weighted by atomic mass is 10.1. The second kappa shape index (κ2) is 6.73. The fourth-order valence-electron chi connectivity index (χ4n) is 2.13. The average Bonchev–Trinajstić information content (AvgIpc) is 2.85. The number of nitrogens with two attached hydrogens (primary N) is 1. The first-order valence-corrected chi connectivity index (χ1v) is 6.87. The van der Waals surface area contributed by atoms with E-state index in [0.717, 1.165) is 19.3 Å². The maximum atomic E-state index is 12.1. The molecule has 1 saturated heterocycles. The lowest BCUT2D eigenvalue weighted by molar-refractivity contribution is -0.139. The standard InChI is InChI=1S/C13H25N3O2/c1-4-9(3)15-12(17)11-7-6-8-16(11)13(18)10(14)5-2/h9-11H,4-8,14H2,1-3H3,(H,15,17). The van der Waals surface area contributed by atoms with Gasteiger partial charge < -0.3 is 16.0 Å². The predicted octanol–water partition coefficient (Wildman–Crippen LogP) is 0.629. The Labute approximate surface area is 109 Å². The number of rotatable bonds is 5. The Kier molecular flexibility index (Phi) is 5.59. The van der Waals surface area contributed by atoms with Gasteiger partial charge in [-0.05, 0) is 32.6 Å². The lowest BCUT2D eigenvalue weighted by Crippen LogP contribution is -2.52. The van der Waals surface area contributed by atoms with Crippen LogP contribution in [-0.4, -0.2) is 41.4 Å². The van der Waals surface area contributed by atoms with Crippen LogP contribution in [0.2, 0.25) is 0 Å². The third kappa shape index (κ3) is 3.45. The van der Waals surface area contributed by atoms with E-state index in [9.17, 15) is 9.59 Å². The van der Waals surface area contributed by atoms with Crippen molar-refractivity contribution in [2.24, 2.45) is 5.73 Å². The van der Waals surface area contributed by atoms with Crippen molar-refractivity contribution >= 4 is 11.8 Å². The van der Waals surface area contributed by atoms with Crippen LogP contribution in [0.5, 0.6) is 0 Å². The molecule has 1 aliphatic heterocycles. The van der Waals surface area contributed by atoms with Crippen LogP contribution in [0.4, 0.5) is 0 Å². The van der Waals surface area contributed by atoms with E-state index in [-0.39, 0.29) is 23.9 Å². The van der Waals surface area contributed by atoms with Gasteiger partial charge in [-0.25, -0.2) is 0 Å². The second-order valence-electron chi connectivity index (χ2n) is 5.02. The van der Waals surface area contributed by atoms with Crippen molar-refractivity contribution in [2.45, 2.75) is 64.6 Å². The van der Waals surface area contributed by atoms with Gasteiger partial charge in [0.1, 0.15) is 6.04 Å². The summed E-state index contributed by atoms with van der Waals surface area (Å²) in [5.41, 5.74) is 5.76. The van der Waals surface area contributed by atoms with Crippen molar-refractivity contribution in [3.05, 3.63) is 0 Å². The minimum atomic E-state index is -0.484. The quantitative estimate of drug-likeness (QED) is 0.756.